The summed E-state index contributed by atoms with van der Waals surface area (Å²) in [6, 6.07) is 0. The quantitative estimate of drug-likeness (QED) is 0.468. The minimum absolute atomic E-state index is 0.0691. The van der Waals surface area contributed by atoms with E-state index < -0.39 is 0 Å². The molecule has 0 unspecified atom stereocenters. The summed E-state index contributed by atoms with van der Waals surface area (Å²) in [5.41, 5.74) is -0.220. The molecular weight excluding hydrogens is 254 g/mol. The maximum atomic E-state index is 11.7. The highest BCUT2D eigenvalue weighted by atomic mass is 16.2. The maximum absolute atomic E-state index is 11.7. The molecule has 0 rings (SSSR count). The molecule has 3 N–H and O–H groups in total. The predicted octanol–water partition coefficient (Wildman–Crippen LogP) is 0.408. The summed E-state index contributed by atoms with van der Waals surface area (Å²) >= 11 is 0. The van der Waals surface area contributed by atoms with Gasteiger partial charge in [0.2, 0.25) is 5.91 Å². The number of amides is 1. The van der Waals surface area contributed by atoms with E-state index in [1.54, 1.807) is 0 Å². The maximum Gasteiger partial charge on any atom is 0.242 e. The van der Waals surface area contributed by atoms with Gasteiger partial charge in [-0.1, -0.05) is 6.92 Å². The van der Waals surface area contributed by atoms with Crippen LogP contribution in [0.25, 0.3) is 0 Å². The fourth-order valence-corrected chi connectivity index (χ4v) is 1.47. The van der Waals surface area contributed by atoms with Crippen LogP contribution in [-0.2, 0) is 4.79 Å². The molecule has 0 heterocycles. The molecule has 0 aromatic carbocycles. The lowest BCUT2D eigenvalue weighted by atomic mass is 10.1. The van der Waals surface area contributed by atoms with Crippen molar-refractivity contribution in [1.29, 1.82) is 0 Å². The molecular formula is C14H31N5O. The molecule has 0 aromatic heterocycles. The third kappa shape index (κ3) is 10.6. The molecule has 0 radical (unpaired) electrons. The minimum Gasteiger partial charge on any atom is -0.357 e. The van der Waals surface area contributed by atoms with Crippen LogP contribution >= 0.6 is 0 Å². The summed E-state index contributed by atoms with van der Waals surface area (Å²) in [6.07, 6.45) is 0. The lowest BCUT2D eigenvalue weighted by molar-refractivity contribution is -0.121. The van der Waals surface area contributed by atoms with E-state index in [2.05, 4.69) is 39.8 Å². The molecule has 0 saturated heterocycles. The van der Waals surface area contributed by atoms with Crippen molar-refractivity contribution in [3.8, 4) is 0 Å². The van der Waals surface area contributed by atoms with Gasteiger partial charge in [0.1, 0.15) is 6.54 Å². The van der Waals surface area contributed by atoms with Gasteiger partial charge >= 0.3 is 0 Å². The van der Waals surface area contributed by atoms with Crippen LogP contribution in [0.4, 0.5) is 0 Å². The highest BCUT2D eigenvalue weighted by Crippen LogP contribution is 1.97. The van der Waals surface area contributed by atoms with Gasteiger partial charge in [-0.3, -0.25) is 4.79 Å². The molecule has 0 bridgehead atoms. The van der Waals surface area contributed by atoms with Crippen LogP contribution in [0, 0.1) is 0 Å². The smallest absolute Gasteiger partial charge is 0.242 e. The van der Waals surface area contributed by atoms with E-state index in [1.165, 1.54) is 0 Å². The fourth-order valence-electron chi connectivity index (χ4n) is 1.47. The number of rotatable bonds is 7. The van der Waals surface area contributed by atoms with Crippen LogP contribution < -0.4 is 16.0 Å². The van der Waals surface area contributed by atoms with Gasteiger partial charge in [-0.15, -0.1) is 0 Å². The second-order valence-corrected chi connectivity index (χ2v) is 5.82. The summed E-state index contributed by atoms with van der Waals surface area (Å²) in [4.78, 5) is 18.2. The van der Waals surface area contributed by atoms with E-state index in [4.69, 9.17) is 0 Å². The van der Waals surface area contributed by atoms with Gasteiger partial charge in [-0.25, -0.2) is 4.99 Å². The topological polar surface area (TPSA) is 68.8 Å². The number of nitrogens with zero attached hydrogens (tertiary/aromatic N) is 2. The van der Waals surface area contributed by atoms with Crippen LogP contribution in [0.5, 0.6) is 0 Å². The first kappa shape index (κ1) is 18.7. The van der Waals surface area contributed by atoms with Gasteiger partial charge in [0.25, 0.3) is 0 Å². The Morgan fingerprint density at radius 3 is 2.35 bits per heavy atom. The highest BCUT2D eigenvalue weighted by Gasteiger charge is 2.13. The molecule has 6 nitrogen and oxygen atoms in total. The lowest BCUT2D eigenvalue weighted by Crippen LogP contribution is -2.44. The molecule has 0 spiro atoms. The van der Waals surface area contributed by atoms with Crippen molar-refractivity contribution in [2.75, 3.05) is 39.8 Å². The molecule has 0 aliphatic heterocycles. The SMILES string of the molecule is CCNC(=NCC(=O)NC(C)(C)C)NCCN(C)CC. The Bertz CT molecular complexity index is 309. The zero-order valence-corrected chi connectivity index (χ0v) is 13.8. The number of hydrogen-bond acceptors (Lipinski definition) is 3. The predicted molar refractivity (Wildman–Crippen MR) is 85.0 cm³/mol. The zero-order chi connectivity index (χ0) is 15.6. The summed E-state index contributed by atoms with van der Waals surface area (Å²) in [7, 11) is 2.07. The second-order valence-electron chi connectivity index (χ2n) is 5.82. The normalized spacial score (nSPS) is 12.4. The summed E-state index contributed by atoms with van der Waals surface area (Å²) in [5.74, 6) is 0.612. The Morgan fingerprint density at radius 1 is 1.20 bits per heavy atom. The third-order valence-electron chi connectivity index (χ3n) is 2.57. The first-order chi connectivity index (χ1) is 9.28. The summed E-state index contributed by atoms with van der Waals surface area (Å²) in [5, 5.41) is 9.24. The van der Waals surface area contributed by atoms with Crippen molar-refractivity contribution in [1.82, 2.24) is 20.9 Å². The first-order valence-corrected chi connectivity index (χ1v) is 7.30. The van der Waals surface area contributed by atoms with Gasteiger partial charge in [0.15, 0.2) is 5.96 Å². The van der Waals surface area contributed by atoms with E-state index in [0.717, 1.165) is 26.2 Å². The average Bonchev–Trinajstić information content (AvgIpc) is 2.33. The average molecular weight is 285 g/mol. The van der Waals surface area contributed by atoms with E-state index in [0.29, 0.717) is 5.96 Å². The van der Waals surface area contributed by atoms with E-state index in [1.807, 2.05) is 27.7 Å². The Hall–Kier alpha value is -1.30. The van der Waals surface area contributed by atoms with Crippen molar-refractivity contribution >= 4 is 11.9 Å². The number of guanidine groups is 1. The van der Waals surface area contributed by atoms with Crippen LogP contribution in [0.15, 0.2) is 4.99 Å². The second kappa shape index (κ2) is 9.58. The molecule has 0 fully saturated rings. The molecule has 0 aromatic rings. The Morgan fingerprint density at radius 2 is 1.85 bits per heavy atom. The van der Waals surface area contributed by atoms with Crippen LogP contribution in [0.2, 0.25) is 0 Å². The highest BCUT2D eigenvalue weighted by molar-refractivity contribution is 5.85. The van der Waals surface area contributed by atoms with Gasteiger partial charge in [-0.2, -0.15) is 0 Å². The van der Waals surface area contributed by atoms with Crippen molar-refractivity contribution < 1.29 is 4.79 Å². The van der Waals surface area contributed by atoms with Gasteiger partial charge < -0.3 is 20.9 Å². The molecule has 0 aliphatic carbocycles. The fraction of sp³-hybridized carbons (Fsp3) is 0.857. The number of hydrogen-bond donors (Lipinski definition) is 3. The largest absolute Gasteiger partial charge is 0.357 e. The Labute approximate surface area is 123 Å². The van der Waals surface area contributed by atoms with E-state index in [9.17, 15) is 4.79 Å². The molecule has 20 heavy (non-hydrogen) atoms. The van der Waals surface area contributed by atoms with Gasteiger partial charge in [0.05, 0.1) is 0 Å². The summed E-state index contributed by atoms with van der Waals surface area (Å²) in [6.45, 7) is 13.7. The number of carbonyl (C=O) groups excluding carboxylic acids is 1. The molecule has 0 saturated carbocycles. The lowest BCUT2D eigenvalue weighted by Gasteiger charge is -2.20. The van der Waals surface area contributed by atoms with E-state index in [-0.39, 0.29) is 18.0 Å². The molecule has 6 heteroatoms. The molecule has 0 atom stereocenters. The minimum atomic E-state index is -0.220. The first-order valence-electron chi connectivity index (χ1n) is 7.30. The number of aliphatic imine (C=N–C) groups is 1. The summed E-state index contributed by atoms with van der Waals surface area (Å²) < 4.78 is 0. The van der Waals surface area contributed by atoms with Crippen molar-refractivity contribution in [3.63, 3.8) is 0 Å². The zero-order valence-electron chi connectivity index (χ0n) is 13.8. The third-order valence-corrected chi connectivity index (χ3v) is 2.57. The van der Waals surface area contributed by atoms with Crippen LogP contribution in [0.1, 0.15) is 34.6 Å². The molecule has 0 aliphatic rings. The Balaban J connectivity index is 4.22. The van der Waals surface area contributed by atoms with Crippen LogP contribution in [-0.4, -0.2) is 62.1 Å². The molecule has 118 valence electrons. The molecule has 1 amide bonds. The number of nitrogens with one attached hydrogen (secondary N) is 3. The van der Waals surface area contributed by atoms with Gasteiger partial charge in [0, 0.05) is 25.2 Å². The van der Waals surface area contributed by atoms with Crippen molar-refractivity contribution in [2.45, 2.75) is 40.2 Å². The number of likely N-dealkylation sites (N-methyl/N-ethyl adjacent to an activating group) is 1. The monoisotopic (exact) mass is 285 g/mol. The van der Waals surface area contributed by atoms with Crippen molar-refractivity contribution in [3.05, 3.63) is 0 Å². The van der Waals surface area contributed by atoms with E-state index >= 15 is 0 Å². The van der Waals surface area contributed by atoms with Gasteiger partial charge in [-0.05, 0) is 41.3 Å². The van der Waals surface area contributed by atoms with Crippen molar-refractivity contribution in [2.24, 2.45) is 4.99 Å². The van der Waals surface area contributed by atoms with Crippen LogP contribution in [0.3, 0.4) is 0 Å². The standard InChI is InChI=1S/C14H31N5O/c1-7-15-13(16-9-10-19(6)8-2)17-11-12(20)18-14(3,4)5/h7-11H2,1-6H3,(H,18,20)(H2,15,16,17). The Kier molecular flexibility index (Phi) is 8.96. The number of carbonyl (C=O) groups is 1.